The van der Waals surface area contributed by atoms with Crippen molar-refractivity contribution in [3.63, 3.8) is 0 Å². The maximum Gasteiger partial charge on any atom is 0.0786 e. The molecule has 0 spiro atoms. The van der Waals surface area contributed by atoms with E-state index in [0.717, 1.165) is 186 Å². The van der Waals surface area contributed by atoms with Gasteiger partial charge in [0, 0.05) is 39.6 Å². The van der Waals surface area contributed by atoms with Gasteiger partial charge in [-0.05, 0) is 121 Å². The minimum atomic E-state index is -0.259. The van der Waals surface area contributed by atoms with Gasteiger partial charge in [0.2, 0.25) is 0 Å². The molecule has 0 saturated heterocycles. The highest BCUT2D eigenvalue weighted by Gasteiger charge is 2.30. The molecule has 81 heavy (non-hydrogen) atoms. The summed E-state index contributed by atoms with van der Waals surface area (Å²) in [6, 6.07) is 0. The number of aliphatic hydroxyl groups excluding tert-OH is 3. The van der Waals surface area contributed by atoms with E-state index in [1.54, 1.807) is 0 Å². The standard InChI is InChI=1S/C74H152NO6/c1-8-15-21-24-27-30-33-36-39-42-54-72(76)69(57-66-79-63-45-18-11-4)51-48-60-75(14-7,61-49-52-70(58-67-80-64-46-19-12-5)73(77)55-43-40-37-34-31-28-25-22-16-9-2)62-50-53-71(59-68-81-65-47-20-13-6)74(78)56-44-41-38-35-32-29-26-23-17-10-3/h69-74,76-78H,8-68H2,1-7H3/q+1. The second-order valence-corrected chi connectivity index (χ2v) is 26.5. The van der Waals surface area contributed by atoms with Gasteiger partial charge in [0.1, 0.15) is 0 Å². The van der Waals surface area contributed by atoms with E-state index in [1.807, 2.05) is 0 Å². The van der Waals surface area contributed by atoms with Crippen molar-refractivity contribution in [3.05, 3.63) is 0 Å². The lowest BCUT2D eigenvalue weighted by molar-refractivity contribution is -0.927. The molecule has 0 aliphatic carbocycles. The molecule has 0 bridgehead atoms. The lowest BCUT2D eigenvalue weighted by Crippen LogP contribution is -2.50. The van der Waals surface area contributed by atoms with Gasteiger partial charge in [0.25, 0.3) is 0 Å². The first-order valence-corrected chi connectivity index (χ1v) is 37.4. The Morgan fingerprint density at radius 2 is 0.432 bits per heavy atom. The molecule has 0 radical (unpaired) electrons. The second-order valence-electron chi connectivity index (χ2n) is 26.5. The number of quaternary nitrogens is 1. The zero-order valence-corrected chi connectivity index (χ0v) is 56.6. The smallest absolute Gasteiger partial charge is 0.0786 e. The second kappa shape index (κ2) is 64.2. The molecule has 6 atom stereocenters. The van der Waals surface area contributed by atoms with E-state index >= 15 is 0 Å². The van der Waals surface area contributed by atoms with Gasteiger partial charge in [-0.1, -0.05) is 273 Å². The molecule has 0 aliphatic heterocycles. The molecular weight excluding hydrogens is 999 g/mol. The number of unbranched alkanes of at least 4 members (excludes halogenated alkanes) is 33. The first-order chi connectivity index (χ1) is 39.8. The van der Waals surface area contributed by atoms with Gasteiger partial charge in [0.15, 0.2) is 0 Å². The fraction of sp³-hybridized carbons (Fsp3) is 1.00. The van der Waals surface area contributed by atoms with E-state index in [2.05, 4.69) is 48.5 Å². The summed E-state index contributed by atoms with van der Waals surface area (Å²) in [6.07, 6.45) is 61.8. The highest BCUT2D eigenvalue weighted by molar-refractivity contribution is 4.74. The highest BCUT2D eigenvalue weighted by atomic mass is 16.5. The molecule has 0 rings (SSSR count). The molecule has 6 unspecified atom stereocenters. The van der Waals surface area contributed by atoms with Crippen molar-refractivity contribution in [1.82, 2.24) is 0 Å². The van der Waals surface area contributed by atoms with Crippen molar-refractivity contribution in [2.45, 2.75) is 394 Å². The molecule has 0 aromatic heterocycles. The number of nitrogens with zero attached hydrogens (tertiary/aromatic N) is 1. The van der Waals surface area contributed by atoms with Gasteiger partial charge >= 0.3 is 0 Å². The first kappa shape index (κ1) is 80.7. The number of hydrogen-bond acceptors (Lipinski definition) is 6. The van der Waals surface area contributed by atoms with Crippen molar-refractivity contribution in [2.75, 3.05) is 65.8 Å². The largest absolute Gasteiger partial charge is 0.393 e. The van der Waals surface area contributed by atoms with E-state index < -0.39 is 0 Å². The normalized spacial score (nSPS) is 15.0. The van der Waals surface area contributed by atoms with Gasteiger partial charge in [-0.2, -0.15) is 0 Å². The fourth-order valence-electron chi connectivity index (χ4n) is 13.1. The highest BCUT2D eigenvalue weighted by Crippen LogP contribution is 2.29. The fourth-order valence-corrected chi connectivity index (χ4v) is 13.1. The van der Waals surface area contributed by atoms with Crippen LogP contribution >= 0.6 is 0 Å². The van der Waals surface area contributed by atoms with Crippen LogP contribution in [0.5, 0.6) is 0 Å². The molecule has 488 valence electrons. The van der Waals surface area contributed by atoms with Crippen LogP contribution < -0.4 is 0 Å². The van der Waals surface area contributed by atoms with Gasteiger partial charge in [-0.3, -0.25) is 0 Å². The molecule has 0 amide bonds. The van der Waals surface area contributed by atoms with Crippen molar-refractivity contribution in [1.29, 1.82) is 0 Å². The van der Waals surface area contributed by atoms with Crippen LogP contribution in [0.4, 0.5) is 0 Å². The van der Waals surface area contributed by atoms with Crippen LogP contribution in [0.15, 0.2) is 0 Å². The van der Waals surface area contributed by atoms with Gasteiger partial charge in [-0.25, -0.2) is 0 Å². The Hall–Kier alpha value is -0.280. The summed E-state index contributed by atoms with van der Waals surface area (Å²) in [7, 11) is 0. The molecule has 0 fully saturated rings. The molecule has 0 saturated carbocycles. The summed E-state index contributed by atoms with van der Waals surface area (Å²) in [5.74, 6) is 0.830. The van der Waals surface area contributed by atoms with Crippen molar-refractivity contribution in [2.24, 2.45) is 17.8 Å². The van der Waals surface area contributed by atoms with Crippen molar-refractivity contribution < 1.29 is 34.0 Å². The zero-order chi connectivity index (χ0) is 59.2. The van der Waals surface area contributed by atoms with Crippen LogP contribution in [0.2, 0.25) is 0 Å². The predicted octanol–water partition coefficient (Wildman–Crippen LogP) is 21.8. The average molecular weight is 1150 g/mol. The van der Waals surface area contributed by atoms with Crippen LogP contribution in [0.25, 0.3) is 0 Å². The Kier molecular flexibility index (Phi) is 64.0. The SMILES string of the molecule is CCCCCCCCCCCCC(O)C(CCC[N+](CC)(CCCC(CCOCCCCC)C(O)CCCCCCCCCCCC)CCCC(CCOCCCCC)C(O)CCCCCCCCCCCC)CCOCCCCC. The summed E-state index contributed by atoms with van der Waals surface area (Å²) < 4.78 is 19.8. The summed E-state index contributed by atoms with van der Waals surface area (Å²) in [4.78, 5) is 0. The number of rotatable bonds is 70. The molecule has 0 heterocycles. The lowest BCUT2D eigenvalue weighted by Gasteiger charge is -2.40. The molecule has 3 N–H and O–H groups in total. The van der Waals surface area contributed by atoms with Crippen LogP contribution in [0.1, 0.15) is 376 Å². The van der Waals surface area contributed by atoms with Crippen LogP contribution in [0.3, 0.4) is 0 Å². The lowest BCUT2D eigenvalue weighted by atomic mass is 9.88. The van der Waals surface area contributed by atoms with Crippen molar-refractivity contribution in [3.8, 4) is 0 Å². The third-order valence-corrected chi connectivity index (χ3v) is 19.1. The van der Waals surface area contributed by atoms with E-state index in [-0.39, 0.29) is 36.1 Å². The Balaban J connectivity index is 6.25. The van der Waals surface area contributed by atoms with Gasteiger partial charge in [-0.15, -0.1) is 0 Å². The van der Waals surface area contributed by atoms with Crippen LogP contribution in [0, 0.1) is 17.8 Å². The topological polar surface area (TPSA) is 88.4 Å². The van der Waals surface area contributed by atoms with E-state index in [1.165, 1.54) is 212 Å². The van der Waals surface area contributed by atoms with E-state index in [4.69, 9.17) is 14.2 Å². The maximum absolute atomic E-state index is 11.9. The number of aliphatic hydroxyl groups is 3. The predicted molar refractivity (Wildman–Crippen MR) is 356 cm³/mol. The summed E-state index contributed by atoms with van der Waals surface area (Å²) in [5, 5.41) is 35.7. The monoisotopic (exact) mass is 1150 g/mol. The Morgan fingerprint density at radius 1 is 0.222 bits per heavy atom. The van der Waals surface area contributed by atoms with Gasteiger partial charge in [0.05, 0.1) is 44.5 Å². The van der Waals surface area contributed by atoms with E-state index in [0.29, 0.717) is 0 Å². The zero-order valence-electron chi connectivity index (χ0n) is 56.6. The van der Waals surface area contributed by atoms with Crippen molar-refractivity contribution >= 4 is 0 Å². The summed E-state index contributed by atoms with van der Waals surface area (Å²) in [6.45, 7) is 25.4. The molecule has 7 nitrogen and oxygen atoms in total. The first-order valence-electron chi connectivity index (χ1n) is 37.4. The molecule has 0 aromatic carbocycles. The van der Waals surface area contributed by atoms with Crippen LogP contribution in [-0.2, 0) is 14.2 Å². The number of hydrogen-bond donors (Lipinski definition) is 3. The third-order valence-electron chi connectivity index (χ3n) is 19.1. The third kappa shape index (κ3) is 52.6. The average Bonchev–Trinajstić information content (AvgIpc) is 3.48. The summed E-state index contributed by atoms with van der Waals surface area (Å²) >= 11 is 0. The van der Waals surface area contributed by atoms with E-state index in [9.17, 15) is 15.3 Å². The quantitative estimate of drug-likeness (QED) is 0.0415. The molecule has 7 heteroatoms. The Morgan fingerprint density at radius 3 is 0.654 bits per heavy atom. The minimum absolute atomic E-state index is 0.259. The van der Waals surface area contributed by atoms with Gasteiger partial charge < -0.3 is 34.0 Å². The minimum Gasteiger partial charge on any atom is -0.393 e. The molecular formula is C74H152NO6+. The number of ether oxygens (including phenoxy) is 3. The van der Waals surface area contributed by atoms with Crippen LogP contribution in [-0.4, -0.2) is 104 Å². The maximum atomic E-state index is 11.9. The molecule has 0 aromatic rings. The Labute approximate surface area is 509 Å². The molecule has 0 aliphatic rings. The summed E-state index contributed by atoms with van der Waals surface area (Å²) in [5.41, 5.74) is 0. The Bertz CT molecular complexity index is 1040.